The Bertz CT molecular complexity index is 639. The van der Waals surface area contributed by atoms with Crippen LogP contribution < -0.4 is 11.1 Å². The van der Waals surface area contributed by atoms with Gasteiger partial charge in [0.1, 0.15) is 0 Å². The van der Waals surface area contributed by atoms with Crippen molar-refractivity contribution in [2.45, 2.75) is 31.4 Å². The molecule has 1 saturated carbocycles. The number of anilines is 2. The number of pyridine rings is 1. The van der Waals surface area contributed by atoms with E-state index in [4.69, 9.17) is 10.5 Å². The van der Waals surface area contributed by atoms with Crippen molar-refractivity contribution in [3.8, 4) is 0 Å². The maximum atomic E-state index is 5.89. The average molecular weight is 269 g/mol. The Kier molecular flexibility index (Phi) is 2.77. The summed E-state index contributed by atoms with van der Waals surface area (Å²) in [7, 11) is 0. The van der Waals surface area contributed by atoms with Crippen LogP contribution in [-0.2, 0) is 4.74 Å². The second-order valence-corrected chi connectivity index (χ2v) is 5.85. The molecule has 4 nitrogen and oxygen atoms in total. The second kappa shape index (κ2) is 4.63. The summed E-state index contributed by atoms with van der Waals surface area (Å²) in [6, 6.07) is 8.36. The Labute approximate surface area is 118 Å². The minimum atomic E-state index is 0.381. The van der Waals surface area contributed by atoms with Crippen LogP contribution in [0.3, 0.4) is 0 Å². The van der Waals surface area contributed by atoms with E-state index < -0.39 is 0 Å². The van der Waals surface area contributed by atoms with E-state index in [-0.39, 0.29) is 0 Å². The smallest absolute Gasteiger partial charge is 0.0804 e. The fourth-order valence-electron chi connectivity index (χ4n) is 3.15. The third kappa shape index (κ3) is 2.10. The molecule has 0 spiro atoms. The predicted octanol–water partition coefficient (Wildman–Crippen LogP) is 2.80. The van der Waals surface area contributed by atoms with Crippen LogP contribution in [0, 0.1) is 5.92 Å². The first kappa shape index (κ1) is 12.0. The summed E-state index contributed by atoms with van der Waals surface area (Å²) in [5, 5.41) is 4.80. The van der Waals surface area contributed by atoms with Crippen LogP contribution in [0.2, 0.25) is 0 Å². The highest BCUT2D eigenvalue weighted by Gasteiger charge is 2.40. The molecule has 104 valence electrons. The van der Waals surface area contributed by atoms with Gasteiger partial charge in [-0.05, 0) is 49.4 Å². The van der Waals surface area contributed by atoms with Crippen LogP contribution in [0.1, 0.15) is 19.3 Å². The Morgan fingerprint density at radius 3 is 2.95 bits per heavy atom. The Morgan fingerprint density at radius 2 is 2.10 bits per heavy atom. The van der Waals surface area contributed by atoms with Gasteiger partial charge in [-0.25, -0.2) is 0 Å². The molecular weight excluding hydrogens is 250 g/mol. The van der Waals surface area contributed by atoms with Crippen molar-refractivity contribution in [3.63, 3.8) is 0 Å². The lowest BCUT2D eigenvalue weighted by atomic mass is 10.1. The molecule has 2 unspecified atom stereocenters. The van der Waals surface area contributed by atoms with Gasteiger partial charge in [0.05, 0.1) is 17.7 Å². The van der Waals surface area contributed by atoms with Gasteiger partial charge in [-0.1, -0.05) is 0 Å². The first-order valence-electron chi connectivity index (χ1n) is 7.33. The van der Waals surface area contributed by atoms with E-state index in [2.05, 4.69) is 10.3 Å². The third-order valence-electron chi connectivity index (χ3n) is 4.33. The van der Waals surface area contributed by atoms with E-state index in [1.54, 1.807) is 0 Å². The molecule has 4 heteroatoms. The standard InChI is InChI=1S/C16H19N3O/c17-11-3-4-12-13(5-7-18-15(12)9-11)19-14-6-8-20-16(14)10-1-2-10/h3-5,7,9-10,14,16H,1-2,6,8,17H2,(H,18,19). The number of nitrogens with zero attached hydrogens (tertiary/aromatic N) is 1. The number of hydrogen-bond donors (Lipinski definition) is 2. The summed E-state index contributed by atoms with van der Waals surface area (Å²) < 4.78 is 5.89. The highest BCUT2D eigenvalue weighted by Crippen LogP contribution is 2.40. The van der Waals surface area contributed by atoms with Crippen molar-refractivity contribution in [2.24, 2.45) is 5.92 Å². The molecule has 3 N–H and O–H groups in total. The normalized spacial score (nSPS) is 26.0. The molecule has 0 amide bonds. The summed E-state index contributed by atoms with van der Waals surface area (Å²) in [5.74, 6) is 0.763. The first-order chi connectivity index (χ1) is 9.81. The Balaban J connectivity index is 1.65. The zero-order valence-electron chi connectivity index (χ0n) is 11.4. The van der Waals surface area contributed by atoms with Gasteiger partial charge in [0, 0.05) is 29.6 Å². The monoisotopic (exact) mass is 269 g/mol. The fourth-order valence-corrected chi connectivity index (χ4v) is 3.15. The number of nitrogens with one attached hydrogen (secondary N) is 1. The summed E-state index contributed by atoms with van der Waals surface area (Å²) in [6.07, 6.45) is 5.94. The van der Waals surface area contributed by atoms with Gasteiger partial charge in [-0.3, -0.25) is 4.98 Å². The van der Waals surface area contributed by atoms with Crippen molar-refractivity contribution < 1.29 is 4.74 Å². The number of benzene rings is 1. The first-order valence-corrected chi connectivity index (χ1v) is 7.33. The quantitative estimate of drug-likeness (QED) is 0.841. The highest BCUT2D eigenvalue weighted by atomic mass is 16.5. The molecule has 1 aliphatic heterocycles. The van der Waals surface area contributed by atoms with Crippen LogP contribution in [0.25, 0.3) is 10.9 Å². The molecule has 20 heavy (non-hydrogen) atoms. The number of hydrogen-bond acceptors (Lipinski definition) is 4. The molecule has 2 atom stereocenters. The molecule has 2 heterocycles. The molecule has 2 fully saturated rings. The van der Waals surface area contributed by atoms with Crippen molar-refractivity contribution in [3.05, 3.63) is 30.5 Å². The molecule has 0 bridgehead atoms. The summed E-state index contributed by atoms with van der Waals surface area (Å²) in [5.41, 5.74) is 8.66. The highest BCUT2D eigenvalue weighted by molar-refractivity contribution is 5.92. The number of rotatable bonds is 3. The van der Waals surface area contributed by atoms with E-state index >= 15 is 0 Å². The molecule has 0 radical (unpaired) electrons. The third-order valence-corrected chi connectivity index (χ3v) is 4.33. The van der Waals surface area contributed by atoms with Crippen molar-refractivity contribution in [2.75, 3.05) is 17.7 Å². The van der Waals surface area contributed by atoms with Gasteiger partial charge >= 0.3 is 0 Å². The maximum absolute atomic E-state index is 5.89. The van der Waals surface area contributed by atoms with E-state index in [1.165, 1.54) is 12.8 Å². The van der Waals surface area contributed by atoms with Crippen LogP contribution >= 0.6 is 0 Å². The molecule has 2 aromatic rings. The molecule has 4 rings (SSSR count). The topological polar surface area (TPSA) is 60.2 Å². The van der Waals surface area contributed by atoms with Crippen molar-refractivity contribution in [1.82, 2.24) is 4.98 Å². The van der Waals surface area contributed by atoms with E-state index in [0.29, 0.717) is 12.1 Å². The molecular formula is C16H19N3O. The molecule has 1 aromatic heterocycles. The lowest BCUT2D eigenvalue weighted by Gasteiger charge is -2.21. The molecule has 2 aliphatic rings. The van der Waals surface area contributed by atoms with Crippen LogP contribution in [0.4, 0.5) is 11.4 Å². The average Bonchev–Trinajstić information content (AvgIpc) is 3.19. The van der Waals surface area contributed by atoms with Gasteiger partial charge in [0.15, 0.2) is 0 Å². The van der Waals surface area contributed by atoms with Gasteiger partial charge in [-0.15, -0.1) is 0 Å². The summed E-state index contributed by atoms with van der Waals surface area (Å²) >= 11 is 0. The Morgan fingerprint density at radius 1 is 1.20 bits per heavy atom. The molecule has 1 aromatic carbocycles. The molecule has 1 saturated heterocycles. The zero-order chi connectivity index (χ0) is 13.5. The zero-order valence-corrected chi connectivity index (χ0v) is 11.4. The lowest BCUT2D eigenvalue weighted by molar-refractivity contribution is 0.0899. The Hall–Kier alpha value is -1.81. The van der Waals surface area contributed by atoms with Gasteiger partial charge < -0.3 is 15.8 Å². The predicted molar refractivity (Wildman–Crippen MR) is 80.6 cm³/mol. The van der Waals surface area contributed by atoms with E-state index in [9.17, 15) is 0 Å². The minimum Gasteiger partial charge on any atom is -0.399 e. The van der Waals surface area contributed by atoms with E-state index in [0.717, 1.165) is 41.2 Å². The minimum absolute atomic E-state index is 0.381. The summed E-state index contributed by atoms with van der Waals surface area (Å²) in [4.78, 5) is 4.39. The lowest BCUT2D eigenvalue weighted by Crippen LogP contribution is -2.31. The number of fused-ring (bicyclic) bond motifs is 1. The largest absolute Gasteiger partial charge is 0.399 e. The van der Waals surface area contributed by atoms with Crippen molar-refractivity contribution >= 4 is 22.3 Å². The van der Waals surface area contributed by atoms with Gasteiger partial charge in [0.25, 0.3) is 0 Å². The number of ether oxygens (including phenoxy) is 1. The number of nitrogen functional groups attached to an aromatic ring is 1. The SMILES string of the molecule is Nc1ccc2c(NC3CCOC3C3CC3)ccnc2c1. The number of nitrogens with two attached hydrogens (primary N) is 1. The fraction of sp³-hybridized carbons (Fsp3) is 0.438. The van der Waals surface area contributed by atoms with Crippen LogP contribution in [-0.4, -0.2) is 23.7 Å². The summed E-state index contributed by atoms with van der Waals surface area (Å²) in [6.45, 7) is 0.870. The van der Waals surface area contributed by atoms with Crippen LogP contribution in [0.5, 0.6) is 0 Å². The molecule has 1 aliphatic carbocycles. The van der Waals surface area contributed by atoms with Crippen LogP contribution in [0.15, 0.2) is 30.5 Å². The van der Waals surface area contributed by atoms with Crippen molar-refractivity contribution in [1.29, 1.82) is 0 Å². The van der Waals surface area contributed by atoms with E-state index in [1.807, 2.05) is 30.5 Å². The van der Waals surface area contributed by atoms with Gasteiger partial charge in [-0.2, -0.15) is 0 Å². The second-order valence-electron chi connectivity index (χ2n) is 5.85. The van der Waals surface area contributed by atoms with Gasteiger partial charge in [0.2, 0.25) is 0 Å². The number of aromatic nitrogens is 1. The maximum Gasteiger partial charge on any atom is 0.0804 e.